The second-order valence-corrected chi connectivity index (χ2v) is 6.44. The zero-order valence-corrected chi connectivity index (χ0v) is 13.0. The van der Waals surface area contributed by atoms with E-state index in [2.05, 4.69) is 17.1 Å². The van der Waals surface area contributed by atoms with Gasteiger partial charge in [-0.2, -0.15) is 13.2 Å². The molecule has 0 spiro atoms. The molecular weight excluding hydrogens is 303 g/mol. The van der Waals surface area contributed by atoms with Crippen LogP contribution < -0.4 is 0 Å². The smallest absolute Gasteiger partial charge is 0.377 e. The van der Waals surface area contributed by atoms with Crippen molar-refractivity contribution < 1.29 is 17.9 Å². The maximum atomic E-state index is 12.6. The molecule has 0 bridgehead atoms. The SMILES string of the molecule is C[C@@H]1CCCC[C@H]1OCCSc1nnc(C(F)(F)F)n1C. The van der Waals surface area contributed by atoms with Crippen molar-refractivity contribution in [2.24, 2.45) is 13.0 Å². The van der Waals surface area contributed by atoms with Gasteiger partial charge in [0.05, 0.1) is 12.7 Å². The lowest BCUT2D eigenvalue weighted by molar-refractivity contribution is -0.147. The molecule has 1 saturated carbocycles. The minimum Gasteiger partial charge on any atom is -0.377 e. The summed E-state index contributed by atoms with van der Waals surface area (Å²) in [4.78, 5) is 0. The fraction of sp³-hybridized carbons (Fsp3) is 0.846. The largest absolute Gasteiger partial charge is 0.451 e. The van der Waals surface area contributed by atoms with Crippen LogP contribution in [0.2, 0.25) is 0 Å². The summed E-state index contributed by atoms with van der Waals surface area (Å²) in [5.74, 6) is 0.176. The molecular formula is C13H20F3N3OS. The summed E-state index contributed by atoms with van der Waals surface area (Å²) >= 11 is 1.24. The van der Waals surface area contributed by atoms with Crippen LogP contribution in [0.1, 0.15) is 38.4 Å². The first kappa shape index (κ1) is 16.6. The molecule has 120 valence electrons. The van der Waals surface area contributed by atoms with Crippen LogP contribution in [-0.4, -0.2) is 33.2 Å². The summed E-state index contributed by atoms with van der Waals surface area (Å²) in [5.41, 5.74) is 0. The van der Waals surface area contributed by atoms with Crippen LogP contribution in [0.5, 0.6) is 0 Å². The van der Waals surface area contributed by atoms with E-state index in [0.717, 1.165) is 11.0 Å². The molecule has 0 unspecified atom stereocenters. The van der Waals surface area contributed by atoms with Crippen LogP contribution in [0.3, 0.4) is 0 Å². The number of aromatic nitrogens is 3. The Bertz CT molecular complexity index is 464. The third kappa shape index (κ3) is 4.35. The first-order valence-electron chi connectivity index (χ1n) is 7.10. The topological polar surface area (TPSA) is 39.9 Å². The number of thioether (sulfide) groups is 1. The van der Waals surface area contributed by atoms with Crippen molar-refractivity contribution >= 4 is 11.8 Å². The van der Waals surface area contributed by atoms with Crippen molar-refractivity contribution in [1.29, 1.82) is 0 Å². The molecule has 1 fully saturated rings. The van der Waals surface area contributed by atoms with Gasteiger partial charge in [0.1, 0.15) is 0 Å². The fourth-order valence-electron chi connectivity index (χ4n) is 2.55. The number of halogens is 3. The highest BCUT2D eigenvalue weighted by molar-refractivity contribution is 7.99. The Morgan fingerprint density at radius 2 is 2.00 bits per heavy atom. The van der Waals surface area contributed by atoms with Crippen molar-refractivity contribution in [2.45, 2.75) is 50.0 Å². The van der Waals surface area contributed by atoms with Crippen LogP contribution >= 0.6 is 11.8 Å². The van der Waals surface area contributed by atoms with Gasteiger partial charge in [0, 0.05) is 12.8 Å². The molecule has 2 atom stereocenters. The number of hydrogen-bond donors (Lipinski definition) is 0. The van der Waals surface area contributed by atoms with E-state index in [9.17, 15) is 13.2 Å². The molecule has 0 aromatic carbocycles. The van der Waals surface area contributed by atoms with Gasteiger partial charge in [-0.1, -0.05) is 31.5 Å². The molecule has 4 nitrogen and oxygen atoms in total. The van der Waals surface area contributed by atoms with Crippen molar-refractivity contribution in [3.63, 3.8) is 0 Å². The maximum Gasteiger partial charge on any atom is 0.451 e. The van der Waals surface area contributed by atoms with Crippen molar-refractivity contribution in [2.75, 3.05) is 12.4 Å². The molecule has 0 saturated heterocycles. The van der Waals surface area contributed by atoms with E-state index >= 15 is 0 Å². The normalized spacial score (nSPS) is 23.5. The molecule has 8 heteroatoms. The predicted octanol–water partition coefficient (Wildman–Crippen LogP) is 3.52. The molecule has 0 amide bonds. The highest BCUT2D eigenvalue weighted by Crippen LogP contribution is 2.30. The van der Waals surface area contributed by atoms with E-state index in [1.165, 1.54) is 38.1 Å². The Morgan fingerprint density at radius 1 is 1.29 bits per heavy atom. The lowest BCUT2D eigenvalue weighted by Gasteiger charge is -2.28. The maximum absolute atomic E-state index is 12.6. The Labute approximate surface area is 126 Å². The van der Waals surface area contributed by atoms with Gasteiger partial charge in [-0.15, -0.1) is 10.2 Å². The van der Waals surface area contributed by atoms with Crippen molar-refractivity contribution in [3.8, 4) is 0 Å². The van der Waals surface area contributed by atoms with E-state index in [1.54, 1.807) is 0 Å². The molecule has 2 rings (SSSR count). The van der Waals surface area contributed by atoms with Crippen LogP contribution in [0.15, 0.2) is 5.16 Å². The van der Waals surface area contributed by atoms with Crippen molar-refractivity contribution in [3.05, 3.63) is 5.82 Å². The number of ether oxygens (including phenoxy) is 1. The average molecular weight is 323 g/mol. The first-order chi connectivity index (χ1) is 9.89. The van der Waals surface area contributed by atoms with Gasteiger partial charge < -0.3 is 9.30 Å². The summed E-state index contributed by atoms with van der Waals surface area (Å²) in [5, 5.41) is 7.04. The van der Waals surface area contributed by atoms with Crippen molar-refractivity contribution in [1.82, 2.24) is 14.8 Å². The van der Waals surface area contributed by atoms with Crippen LogP contribution in [0.25, 0.3) is 0 Å². The van der Waals surface area contributed by atoms with E-state index in [-0.39, 0.29) is 11.3 Å². The molecule has 0 N–H and O–H groups in total. The zero-order chi connectivity index (χ0) is 15.5. The second kappa shape index (κ2) is 7.00. The summed E-state index contributed by atoms with van der Waals surface area (Å²) in [6.07, 6.45) is 0.540. The van der Waals surface area contributed by atoms with Gasteiger partial charge in [-0.05, 0) is 18.8 Å². The van der Waals surface area contributed by atoms with E-state index in [4.69, 9.17) is 4.74 Å². The third-order valence-corrected chi connectivity index (χ3v) is 4.75. The van der Waals surface area contributed by atoms with Gasteiger partial charge in [0.25, 0.3) is 0 Å². The minimum absolute atomic E-state index is 0.266. The Kier molecular flexibility index (Phi) is 5.54. The molecule has 0 aliphatic heterocycles. The fourth-order valence-corrected chi connectivity index (χ4v) is 3.29. The molecule has 1 aromatic heterocycles. The summed E-state index contributed by atoms with van der Waals surface area (Å²) < 4.78 is 44.5. The Morgan fingerprint density at radius 3 is 2.62 bits per heavy atom. The molecule has 1 heterocycles. The first-order valence-corrected chi connectivity index (χ1v) is 8.09. The van der Waals surface area contributed by atoms with Crippen LogP contribution in [-0.2, 0) is 18.0 Å². The molecule has 21 heavy (non-hydrogen) atoms. The van der Waals surface area contributed by atoms with E-state index < -0.39 is 12.0 Å². The number of rotatable bonds is 5. The zero-order valence-electron chi connectivity index (χ0n) is 12.2. The number of hydrogen-bond acceptors (Lipinski definition) is 4. The highest BCUT2D eigenvalue weighted by atomic mass is 32.2. The Balaban J connectivity index is 1.77. The second-order valence-electron chi connectivity index (χ2n) is 5.38. The van der Waals surface area contributed by atoms with E-state index in [1.807, 2.05) is 0 Å². The summed E-state index contributed by atoms with van der Waals surface area (Å²) in [7, 11) is 1.33. The van der Waals surface area contributed by atoms with Gasteiger partial charge >= 0.3 is 6.18 Å². The predicted molar refractivity (Wildman–Crippen MR) is 74.1 cm³/mol. The Hall–Kier alpha value is -0.760. The number of alkyl halides is 3. The van der Waals surface area contributed by atoms with E-state index in [0.29, 0.717) is 18.3 Å². The molecule has 1 aliphatic rings. The standard InChI is InChI=1S/C13H20F3N3OS/c1-9-5-3-4-6-10(9)20-7-8-21-12-18-17-11(19(12)2)13(14,15)16/h9-10H,3-8H2,1-2H3/t9-,10-/m1/s1. The van der Waals surface area contributed by atoms with Gasteiger partial charge in [0.2, 0.25) is 5.82 Å². The quantitative estimate of drug-likeness (QED) is 0.614. The monoisotopic (exact) mass is 323 g/mol. The van der Waals surface area contributed by atoms with Gasteiger partial charge in [-0.25, -0.2) is 0 Å². The summed E-state index contributed by atoms with van der Waals surface area (Å²) in [6, 6.07) is 0. The molecule has 0 radical (unpaired) electrons. The van der Waals surface area contributed by atoms with Gasteiger partial charge in [0.15, 0.2) is 5.16 Å². The number of nitrogens with zero attached hydrogens (tertiary/aromatic N) is 3. The van der Waals surface area contributed by atoms with Gasteiger partial charge in [-0.3, -0.25) is 0 Å². The molecule has 1 aromatic rings. The lowest BCUT2D eigenvalue weighted by atomic mass is 9.88. The highest BCUT2D eigenvalue weighted by Gasteiger charge is 2.37. The average Bonchev–Trinajstić information content (AvgIpc) is 2.78. The third-order valence-electron chi connectivity index (χ3n) is 3.77. The minimum atomic E-state index is -4.46. The summed E-state index contributed by atoms with van der Waals surface area (Å²) in [6.45, 7) is 2.71. The lowest BCUT2D eigenvalue weighted by Crippen LogP contribution is -2.26. The van der Waals surface area contributed by atoms with Crippen LogP contribution in [0, 0.1) is 5.92 Å². The van der Waals surface area contributed by atoms with Crippen LogP contribution in [0.4, 0.5) is 13.2 Å². The molecule has 1 aliphatic carbocycles.